The minimum Gasteiger partial charge on any atom is -0.376 e. The van der Waals surface area contributed by atoms with E-state index in [2.05, 4.69) is 5.32 Å². The predicted molar refractivity (Wildman–Crippen MR) is 80.6 cm³/mol. The molecule has 1 amide bonds. The normalized spacial score (nSPS) is 19.8. The van der Waals surface area contributed by atoms with Gasteiger partial charge in [-0.3, -0.25) is 4.79 Å². The molecule has 1 fully saturated rings. The lowest BCUT2D eigenvalue weighted by Gasteiger charge is -2.14. The number of amides is 1. The van der Waals surface area contributed by atoms with Crippen molar-refractivity contribution in [2.75, 3.05) is 18.9 Å². The maximum absolute atomic E-state index is 13.2. The number of rotatable bonds is 6. The molecule has 0 unspecified atom stereocenters. The van der Waals surface area contributed by atoms with Gasteiger partial charge in [-0.05, 0) is 37.5 Å². The summed E-state index contributed by atoms with van der Waals surface area (Å²) in [5.74, 6) is -1.67. The fourth-order valence-electron chi connectivity index (χ4n) is 2.36. The summed E-state index contributed by atoms with van der Waals surface area (Å²) in [6.45, 7) is 2.45. The molecule has 0 aliphatic carbocycles. The van der Waals surface area contributed by atoms with Gasteiger partial charge in [0.1, 0.15) is 11.6 Å². The van der Waals surface area contributed by atoms with E-state index in [0.29, 0.717) is 18.7 Å². The molecule has 1 N–H and O–H groups in total. The number of nitrogens with one attached hydrogen (secondary N) is 1. The van der Waals surface area contributed by atoms with E-state index in [-0.39, 0.29) is 6.10 Å². The molecule has 2 rings (SSSR count). The number of sulfone groups is 1. The summed E-state index contributed by atoms with van der Waals surface area (Å²) in [5.41, 5.74) is 0.340. The molecule has 1 heterocycles. The maximum atomic E-state index is 13.2. The van der Waals surface area contributed by atoms with Gasteiger partial charge in [-0.1, -0.05) is 12.1 Å². The van der Waals surface area contributed by atoms with Crippen LogP contribution in [0.15, 0.2) is 24.3 Å². The van der Waals surface area contributed by atoms with E-state index >= 15 is 0 Å². The first-order chi connectivity index (χ1) is 10.4. The Labute approximate surface area is 129 Å². The number of hydrogen-bond donors (Lipinski definition) is 1. The lowest BCUT2D eigenvalue weighted by molar-refractivity contribution is -0.119. The number of benzene rings is 1. The summed E-state index contributed by atoms with van der Waals surface area (Å²) >= 11 is 0. The first-order valence-electron chi connectivity index (χ1n) is 7.24. The monoisotopic (exact) mass is 329 g/mol. The topological polar surface area (TPSA) is 72.5 Å². The van der Waals surface area contributed by atoms with Crippen molar-refractivity contribution in [3.8, 4) is 0 Å². The Morgan fingerprint density at radius 3 is 2.91 bits per heavy atom. The summed E-state index contributed by atoms with van der Waals surface area (Å²) in [6.07, 6.45) is 1.79. The van der Waals surface area contributed by atoms with Crippen molar-refractivity contribution in [2.24, 2.45) is 0 Å². The lowest BCUT2D eigenvalue weighted by atomic mass is 10.2. The summed E-state index contributed by atoms with van der Waals surface area (Å²) in [6, 6.07) is 5.41. The summed E-state index contributed by atoms with van der Waals surface area (Å²) in [7, 11) is -3.69. The van der Waals surface area contributed by atoms with E-state index in [1.165, 1.54) is 31.2 Å². The molecular weight excluding hydrogens is 309 g/mol. The van der Waals surface area contributed by atoms with Crippen molar-refractivity contribution >= 4 is 15.7 Å². The van der Waals surface area contributed by atoms with E-state index in [4.69, 9.17) is 4.74 Å². The predicted octanol–water partition coefficient (Wildman–Crippen LogP) is 1.60. The van der Waals surface area contributed by atoms with Crippen LogP contribution in [0, 0.1) is 5.82 Å². The number of carbonyl (C=O) groups is 1. The Bertz CT molecular complexity index is 626. The lowest BCUT2D eigenvalue weighted by Crippen LogP contribution is -2.36. The average molecular weight is 329 g/mol. The Balaban J connectivity index is 1.93. The van der Waals surface area contributed by atoms with Gasteiger partial charge in [-0.15, -0.1) is 0 Å². The van der Waals surface area contributed by atoms with E-state index in [1.54, 1.807) is 0 Å². The van der Waals surface area contributed by atoms with E-state index in [9.17, 15) is 17.6 Å². The Morgan fingerprint density at radius 1 is 1.50 bits per heavy atom. The van der Waals surface area contributed by atoms with Crippen LogP contribution in [0.3, 0.4) is 0 Å². The van der Waals surface area contributed by atoms with Crippen LogP contribution in [0.2, 0.25) is 0 Å². The van der Waals surface area contributed by atoms with Crippen LogP contribution < -0.4 is 5.32 Å². The molecule has 1 aliphatic rings. The van der Waals surface area contributed by atoms with Crippen LogP contribution in [0.4, 0.5) is 4.39 Å². The van der Waals surface area contributed by atoms with E-state index in [1.807, 2.05) is 0 Å². The van der Waals surface area contributed by atoms with Crippen LogP contribution in [0.25, 0.3) is 0 Å². The van der Waals surface area contributed by atoms with Gasteiger partial charge in [0.2, 0.25) is 5.91 Å². The molecule has 1 aliphatic heterocycles. The van der Waals surface area contributed by atoms with Gasteiger partial charge in [-0.2, -0.15) is 0 Å². The third-order valence-electron chi connectivity index (χ3n) is 3.74. The fraction of sp³-hybridized carbons (Fsp3) is 0.533. The fourth-order valence-corrected chi connectivity index (χ4v) is 3.64. The highest BCUT2D eigenvalue weighted by atomic mass is 32.2. The van der Waals surface area contributed by atoms with Gasteiger partial charge in [0.05, 0.1) is 11.4 Å². The molecule has 0 bridgehead atoms. The van der Waals surface area contributed by atoms with Crippen LogP contribution in [0.1, 0.15) is 30.6 Å². The highest BCUT2D eigenvalue weighted by molar-refractivity contribution is 7.92. The smallest absolute Gasteiger partial charge is 0.235 e. The molecule has 1 saturated heterocycles. The molecule has 7 heteroatoms. The van der Waals surface area contributed by atoms with Crippen molar-refractivity contribution in [1.29, 1.82) is 0 Å². The third-order valence-corrected chi connectivity index (χ3v) is 5.75. The molecular formula is C15H20FNO4S. The molecule has 122 valence electrons. The van der Waals surface area contributed by atoms with Crippen molar-refractivity contribution in [2.45, 2.75) is 31.1 Å². The van der Waals surface area contributed by atoms with Crippen LogP contribution >= 0.6 is 0 Å². The summed E-state index contributed by atoms with van der Waals surface area (Å²) in [4.78, 5) is 11.8. The van der Waals surface area contributed by atoms with Crippen LogP contribution in [-0.4, -0.2) is 39.3 Å². The SMILES string of the molecule is C[C@@H](c1cccc(F)c1)S(=O)(=O)CC(=O)NC[C@@H]1CCCO1. The first kappa shape index (κ1) is 16.9. The average Bonchev–Trinajstić information content (AvgIpc) is 2.97. The second-order valence-corrected chi connectivity index (χ2v) is 7.77. The van der Waals surface area contributed by atoms with Crippen LogP contribution in [-0.2, 0) is 19.4 Å². The maximum Gasteiger partial charge on any atom is 0.235 e. The van der Waals surface area contributed by atoms with Gasteiger partial charge < -0.3 is 10.1 Å². The largest absolute Gasteiger partial charge is 0.376 e. The number of halogens is 1. The highest BCUT2D eigenvalue weighted by Gasteiger charge is 2.26. The van der Waals surface area contributed by atoms with Gasteiger partial charge in [0, 0.05) is 13.2 Å². The van der Waals surface area contributed by atoms with Crippen LogP contribution in [0.5, 0.6) is 0 Å². The number of carbonyl (C=O) groups excluding carboxylic acids is 1. The number of hydrogen-bond acceptors (Lipinski definition) is 4. The minimum absolute atomic E-state index is 0.0349. The van der Waals surface area contributed by atoms with E-state index in [0.717, 1.165) is 12.8 Å². The third kappa shape index (κ3) is 4.51. The summed E-state index contributed by atoms with van der Waals surface area (Å²) < 4.78 is 43.0. The van der Waals surface area contributed by atoms with Crippen molar-refractivity contribution in [3.05, 3.63) is 35.6 Å². The molecule has 5 nitrogen and oxygen atoms in total. The van der Waals surface area contributed by atoms with Gasteiger partial charge in [0.25, 0.3) is 0 Å². The second kappa shape index (κ2) is 7.19. The zero-order chi connectivity index (χ0) is 16.2. The van der Waals surface area contributed by atoms with E-state index < -0.39 is 32.6 Å². The molecule has 0 saturated carbocycles. The van der Waals surface area contributed by atoms with Gasteiger partial charge >= 0.3 is 0 Å². The van der Waals surface area contributed by atoms with Crippen molar-refractivity contribution in [3.63, 3.8) is 0 Å². The molecule has 1 aromatic carbocycles. The highest BCUT2D eigenvalue weighted by Crippen LogP contribution is 2.23. The molecule has 1 aromatic rings. The quantitative estimate of drug-likeness (QED) is 0.860. The van der Waals surface area contributed by atoms with Gasteiger partial charge in [-0.25, -0.2) is 12.8 Å². The van der Waals surface area contributed by atoms with Crippen molar-refractivity contribution < 1.29 is 22.3 Å². The minimum atomic E-state index is -3.69. The molecule has 0 spiro atoms. The van der Waals surface area contributed by atoms with Gasteiger partial charge in [0.15, 0.2) is 9.84 Å². The standard InChI is InChI=1S/C15H20FNO4S/c1-11(12-4-2-5-13(16)8-12)22(19,20)10-15(18)17-9-14-6-3-7-21-14/h2,4-5,8,11,14H,3,6-7,9-10H2,1H3,(H,17,18)/t11-,14-/m0/s1. The zero-order valence-electron chi connectivity index (χ0n) is 12.4. The molecule has 22 heavy (non-hydrogen) atoms. The Hall–Kier alpha value is -1.47. The second-order valence-electron chi connectivity index (χ2n) is 5.44. The zero-order valence-corrected chi connectivity index (χ0v) is 13.2. The Kier molecular flexibility index (Phi) is 5.52. The molecule has 0 radical (unpaired) electrons. The Morgan fingerprint density at radius 2 is 2.27 bits per heavy atom. The van der Waals surface area contributed by atoms with Crippen molar-refractivity contribution in [1.82, 2.24) is 5.32 Å². The first-order valence-corrected chi connectivity index (χ1v) is 8.95. The molecule has 0 aromatic heterocycles. The summed E-state index contributed by atoms with van der Waals surface area (Å²) in [5, 5.41) is 1.65. The number of ether oxygens (including phenoxy) is 1. The molecule has 2 atom stereocenters.